The Balaban J connectivity index is 1.96. The average molecular weight is 516 g/mol. The number of carbonyl (C=O) groups is 1. The number of hydrogen-bond acceptors (Lipinski definition) is 4. The molecule has 0 spiro atoms. The van der Waals surface area contributed by atoms with Crippen molar-refractivity contribution in [3.8, 4) is 5.75 Å². The van der Waals surface area contributed by atoms with Gasteiger partial charge in [0.1, 0.15) is 5.75 Å². The van der Waals surface area contributed by atoms with E-state index in [2.05, 4.69) is 15.9 Å². The molecule has 0 radical (unpaired) electrons. The third-order valence-electron chi connectivity index (χ3n) is 5.12. The Hall–Kier alpha value is -2.64. The van der Waals surface area contributed by atoms with Gasteiger partial charge in [0.05, 0.1) is 10.6 Å². The number of benzene rings is 3. The first-order valence-corrected chi connectivity index (χ1v) is 12.6. The number of hydrogen-bond donors (Lipinski definition) is 0. The number of amides is 1. The van der Waals surface area contributed by atoms with E-state index in [-0.39, 0.29) is 10.6 Å². The van der Waals surface area contributed by atoms with Gasteiger partial charge in [0.15, 0.2) is 6.61 Å². The Morgan fingerprint density at radius 2 is 1.59 bits per heavy atom. The number of sulfonamides is 1. The molecule has 0 saturated carbocycles. The number of anilines is 1. The summed E-state index contributed by atoms with van der Waals surface area (Å²) in [6, 6.07) is 18.9. The molecule has 32 heavy (non-hydrogen) atoms. The van der Waals surface area contributed by atoms with Crippen LogP contribution in [0.1, 0.15) is 30.5 Å². The topological polar surface area (TPSA) is 63.7 Å². The molecule has 5 nitrogen and oxygen atoms in total. The van der Waals surface area contributed by atoms with Gasteiger partial charge in [-0.05, 0) is 73.4 Å². The Morgan fingerprint density at radius 1 is 0.938 bits per heavy atom. The third kappa shape index (κ3) is 5.40. The molecule has 0 bridgehead atoms. The SMILES string of the molecule is CCc1ccc(N(C(=O)COc2ccc(Br)cc2CC)S(=O)(=O)c2ccc(C)cc2)cc1. The number of aryl methyl sites for hydroxylation is 3. The van der Waals surface area contributed by atoms with Crippen LogP contribution in [0.15, 0.2) is 76.1 Å². The molecule has 0 atom stereocenters. The Labute approximate surface area is 198 Å². The van der Waals surface area contributed by atoms with E-state index in [0.717, 1.165) is 31.9 Å². The maximum atomic E-state index is 13.5. The molecule has 0 N–H and O–H groups in total. The highest BCUT2D eigenvalue weighted by atomic mass is 79.9. The van der Waals surface area contributed by atoms with Crippen molar-refractivity contribution in [1.82, 2.24) is 0 Å². The second-order valence-electron chi connectivity index (χ2n) is 7.39. The minimum Gasteiger partial charge on any atom is -0.483 e. The lowest BCUT2D eigenvalue weighted by Crippen LogP contribution is -2.40. The second kappa shape index (κ2) is 10.3. The number of rotatable bonds is 8. The largest absolute Gasteiger partial charge is 0.483 e. The van der Waals surface area contributed by atoms with Crippen LogP contribution in [0.2, 0.25) is 0 Å². The molecule has 3 aromatic carbocycles. The van der Waals surface area contributed by atoms with Crippen LogP contribution >= 0.6 is 15.9 Å². The van der Waals surface area contributed by atoms with Gasteiger partial charge in [0.2, 0.25) is 0 Å². The molecule has 0 aromatic heterocycles. The van der Waals surface area contributed by atoms with Crippen LogP contribution in [-0.4, -0.2) is 20.9 Å². The molecule has 0 aliphatic rings. The van der Waals surface area contributed by atoms with Gasteiger partial charge in [-0.1, -0.05) is 59.6 Å². The number of nitrogens with zero attached hydrogens (tertiary/aromatic N) is 1. The molecule has 0 saturated heterocycles. The zero-order chi connectivity index (χ0) is 23.3. The maximum absolute atomic E-state index is 13.5. The van der Waals surface area contributed by atoms with Crippen molar-refractivity contribution in [2.45, 2.75) is 38.5 Å². The molecule has 1 amide bonds. The predicted molar refractivity (Wildman–Crippen MR) is 131 cm³/mol. The molecule has 0 aliphatic carbocycles. The molecule has 168 valence electrons. The molecule has 3 rings (SSSR count). The average Bonchev–Trinajstić information content (AvgIpc) is 2.79. The van der Waals surface area contributed by atoms with Crippen molar-refractivity contribution < 1.29 is 17.9 Å². The monoisotopic (exact) mass is 515 g/mol. The van der Waals surface area contributed by atoms with Crippen molar-refractivity contribution >= 4 is 37.5 Å². The molecular formula is C25H26BrNO4S. The summed E-state index contributed by atoms with van der Waals surface area (Å²) in [5.74, 6) is -0.113. The van der Waals surface area contributed by atoms with Gasteiger partial charge < -0.3 is 4.74 Å². The second-order valence-corrected chi connectivity index (χ2v) is 10.1. The fraction of sp³-hybridized carbons (Fsp3) is 0.240. The first-order chi connectivity index (χ1) is 15.3. The van der Waals surface area contributed by atoms with Crippen LogP contribution in [0.4, 0.5) is 5.69 Å². The highest BCUT2D eigenvalue weighted by Crippen LogP contribution is 2.27. The van der Waals surface area contributed by atoms with Crippen molar-refractivity contribution in [3.05, 3.63) is 87.9 Å². The zero-order valence-electron chi connectivity index (χ0n) is 18.3. The summed E-state index contributed by atoms with van der Waals surface area (Å²) < 4.78 is 34.4. The molecular weight excluding hydrogens is 490 g/mol. The van der Waals surface area contributed by atoms with E-state index in [0.29, 0.717) is 12.2 Å². The van der Waals surface area contributed by atoms with Gasteiger partial charge in [0, 0.05) is 4.47 Å². The molecule has 7 heteroatoms. The predicted octanol–water partition coefficient (Wildman–Crippen LogP) is 5.68. The number of halogens is 1. The molecule has 0 aliphatic heterocycles. The highest BCUT2D eigenvalue weighted by Gasteiger charge is 2.31. The third-order valence-corrected chi connectivity index (χ3v) is 7.38. The van der Waals surface area contributed by atoms with Gasteiger partial charge in [-0.3, -0.25) is 4.79 Å². The summed E-state index contributed by atoms with van der Waals surface area (Å²) in [5, 5.41) is 0. The van der Waals surface area contributed by atoms with Gasteiger partial charge >= 0.3 is 0 Å². The molecule has 0 unspecified atom stereocenters. The number of carbonyl (C=O) groups excluding carboxylic acids is 1. The Morgan fingerprint density at radius 3 is 2.19 bits per heavy atom. The standard InChI is InChI=1S/C25H26BrNO4S/c1-4-19-8-11-22(12-9-19)27(32(29,30)23-13-6-18(3)7-14-23)25(28)17-31-24-15-10-21(26)16-20(24)5-2/h6-16H,4-5,17H2,1-3H3. The summed E-state index contributed by atoms with van der Waals surface area (Å²) in [7, 11) is -4.12. The Bertz CT molecular complexity index is 1190. The van der Waals surface area contributed by atoms with Gasteiger partial charge in [-0.15, -0.1) is 0 Å². The quantitative estimate of drug-likeness (QED) is 0.386. The van der Waals surface area contributed by atoms with E-state index < -0.39 is 22.5 Å². The first-order valence-electron chi connectivity index (χ1n) is 10.4. The number of ether oxygens (including phenoxy) is 1. The first kappa shape index (κ1) is 24.0. The van der Waals surface area contributed by atoms with E-state index >= 15 is 0 Å². The lowest BCUT2D eigenvalue weighted by molar-refractivity contribution is -0.119. The fourth-order valence-corrected chi connectivity index (χ4v) is 5.08. The van der Waals surface area contributed by atoms with E-state index in [4.69, 9.17) is 4.74 Å². The minimum atomic E-state index is -4.12. The highest BCUT2D eigenvalue weighted by molar-refractivity contribution is 9.10. The van der Waals surface area contributed by atoms with Crippen molar-refractivity contribution in [3.63, 3.8) is 0 Å². The smallest absolute Gasteiger partial charge is 0.278 e. The Kier molecular flexibility index (Phi) is 7.74. The van der Waals surface area contributed by atoms with Crippen LogP contribution in [0.5, 0.6) is 5.75 Å². The lowest BCUT2D eigenvalue weighted by Gasteiger charge is -2.23. The zero-order valence-corrected chi connectivity index (χ0v) is 20.7. The van der Waals surface area contributed by atoms with Crippen molar-refractivity contribution in [1.29, 1.82) is 0 Å². The maximum Gasteiger partial charge on any atom is 0.278 e. The molecule has 0 heterocycles. The van der Waals surface area contributed by atoms with Crippen LogP contribution in [0, 0.1) is 6.92 Å². The summed E-state index contributed by atoms with van der Waals surface area (Å²) >= 11 is 3.43. The van der Waals surface area contributed by atoms with Crippen LogP contribution in [-0.2, 0) is 27.7 Å². The van der Waals surface area contributed by atoms with Crippen LogP contribution < -0.4 is 9.04 Å². The molecule has 3 aromatic rings. The minimum absolute atomic E-state index is 0.0499. The van der Waals surface area contributed by atoms with Crippen LogP contribution in [0.25, 0.3) is 0 Å². The van der Waals surface area contributed by atoms with E-state index in [1.807, 2.05) is 45.0 Å². The van der Waals surface area contributed by atoms with Gasteiger partial charge in [-0.25, -0.2) is 8.42 Å². The van der Waals surface area contributed by atoms with Crippen LogP contribution in [0.3, 0.4) is 0 Å². The summed E-state index contributed by atoms with van der Waals surface area (Å²) in [6.07, 6.45) is 1.53. The van der Waals surface area contributed by atoms with E-state index in [1.54, 1.807) is 30.3 Å². The van der Waals surface area contributed by atoms with Gasteiger partial charge in [-0.2, -0.15) is 4.31 Å². The summed E-state index contributed by atoms with van der Waals surface area (Å²) in [4.78, 5) is 13.3. The normalized spacial score (nSPS) is 11.2. The fourth-order valence-electron chi connectivity index (χ4n) is 3.26. The summed E-state index contributed by atoms with van der Waals surface area (Å²) in [5.41, 5.74) is 3.18. The molecule has 0 fully saturated rings. The van der Waals surface area contributed by atoms with Gasteiger partial charge in [0.25, 0.3) is 15.9 Å². The summed E-state index contributed by atoms with van der Waals surface area (Å²) in [6.45, 7) is 5.47. The lowest BCUT2D eigenvalue weighted by atomic mass is 10.1. The van der Waals surface area contributed by atoms with Crippen molar-refractivity contribution in [2.24, 2.45) is 0 Å². The van der Waals surface area contributed by atoms with Crippen molar-refractivity contribution in [2.75, 3.05) is 10.9 Å². The van der Waals surface area contributed by atoms with E-state index in [9.17, 15) is 13.2 Å². The van der Waals surface area contributed by atoms with E-state index in [1.165, 1.54) is 12.1 Å².